The van der Waals surface area contributed by atoms with Crippen LogP contribution in [0.1, 0.15) is 21.5 Å². The lowest BCUT2D eigenvalue weighted by Gasteiger charge is -2.29. The van der Waals surface area contributed by atoms with Gasteiger partial charge in [-0.3, -0.25) is 4.79 Å². The number of halogens is 1. The Labute approximate surface area is 132 Å². The van der Waals surface area contributed by atoms with E-state index in [1.165, 1.54) is 11.1 Å². The van der Waals surface area contributed by atoms with E-state index in [1.54, 1.807) is 13.2 Å². The van der Waals surface area contributed by atoms with Crippen LogP contribution in [-0.4, -0.2) is 24.5 Å². The number of rotatable bonds is 2. The maximum Gasteiger partial charge on any atom is 0.255 e. The maximum absolute atomic E-state index is 12.7. The fraction of sp³-hybridized carbons (Fsp3) is 0.235. The van der Waals surface area contributed by atoms with E-state index in [2.05, 4.69) is 34.1 Å². The van der Waals surface area contributed by atoms with Gasteiger partial charge in [-0.2, -0.15) is 0 Å². The van der Waals surface area contributed by atoms with Gasteiger partial charge in [0, 0.05) is 17.6 Å². The second kappa shape index (κ2) is 5.90. The molecule has 3 rings (SSSR count). The molecular formula is C17H16BrNO2. The molecule has 0 aliphatic carbocycles. The Balaban J connectivity index is 1.87. The van der Waals surface area contributed by atoms with Gasteiger partial charge in [-0.15, -0.1) is 0 Å². The smallest absolute Gasteiger partial charge is 0.255 e. The molecule has 4 heteroatoms. The Morgan fingerprint density at radius 1 is 1.19 bits per heavy atom. The lowest BCUT2D eigenvalue weighted by Crippen LogP contribution is -2.36. The molecule has 1 aliphatic heterocycles. The molecule has 1 amide bonds. The summed E-state index contributed by atoms with van der Waals surface area (Å²) < 4.78 is 6.01. The molecule has 0 fully saturated rings. The van der Waals surface area contributed by atoms with Crippen LogP contribution in [0.5, 0.6) is 5.75 Å². The molecule has 0 unspecified atom stereocenters. The summed E-state index contributed by atoms with van der Waals surface area (Å²) in [6.07, 6.45) is 0.906. The standard InChI is InChI=1S/C17H16BrNO2/c1-21-14-6-7-16(18)15(10-14)17(20)19-9-8-12-4-2-3-5-13(12)11-19/h2-7,10H,8-9,11H2,1H3. The summed E-state index contributed by atoms with van der Waals surface area (Å²) in [7, 11) is 1.61. The first-order valence-corrected chi connectivity index (χ1v) is 7.68. The minimum absolute atomic E-state index is 0.0373. The van der Waals surface area contributed by atoms with E-state index in [9.17, 15) is 4.79 Å². The topological polar surface area (TPSA) is 29.5 Å². The summed E-state index contributed by atoms with van der Waals surface area (Å²) in [5.41, 5.74) is 3.22. The van der Waals surface area contributed by atoms with Crippen molar-refractivity contribution in [3.05, 3.63) is 63.6 Å². The highest BCUT2D eigenvalue weighted by molar-refractivity contribution is 9.10. The van der Waals surface area contributed by atoms with Crippen molar-refractivity contribution in [3.63, 3.8) is 0 Å². The first-order valence-electron chi connectivity index (χ1n) is 6.88. The lowest BCUT2D eigenvalue weighted by molar-refractivity contribution is 0.0733. The summed E-state index contributed by atoms with van der Waals surface area (Å²) in [4.78, 5) is 14.6. The zero-order valence-corrected chi connectivity index (χ0v) is 13.4. The maximum atomic E-state index is 12.7. The number of ether oxygens (including phenoxy) is 1. The fourth-order valence-corrected chi connectivity index (χ4v) is 3.05. The number of methoxy groups -OCH3 is 1. The normalized spacial score (nSPS) is 13.7. The highest BCUT2D eigenvalue weighted by Gasteiger charge is 2.23. The van der Waals surface area contributed by atoms with Crippen molar-refractivity contribution < 1.29 is 9.53 Å². The van der Waals surface area contributed by atoms with Crippen LogP contribution in [0.25, 0.3) is 0 Å². The molecule has 0 bridgehead atoms. The van der Waals surface area contributed by atoms with Gasteiger partial charge in [-0.05, 0) is 51.7 Å². The number of benzene rings is 2. The van der Waals surface area contributed by atoms with Crippen LogP contribution in [0.15, 0.2) is 46.9 Å². The van der Waals surface area contributed by atoms with E-state index in [-0.39, 0.29) is 5.91 Å². The van der Waals surface area contributed by atoms with Crippen molar-refractivity contribution in [1.29, 1.82) is 0 Å². The minimum atomic E-state index is 0.0373. The molecule has 0 spiro atoms. The second-order valence-corrected chi connectivity index (χ2v) is 5.95. The number of fused-ring (bicyclic) bond motifs is 1. The third-order valence-corrected chi connectivity index (χ3v) is 4.51. The van der Waals surface area contributed by atoms with Crippen LogP contribution in [0, 0.1) is 0 Å². The Morgan fingerprint density at radius 3 is 2.71 bits per heavy atom. The first-order chi connectivity index (χ1) is 10.2. The third-order valence-electron chi connectivity index (χ3n) is 3.82. The van der Waals surface area contributed by atoms with Gasteiger partial charge < -0.3 is 9.64 Å². The van der Waals surface area contributed by atoms with E-state index in [0.717, 1.165) is 17.4 Å². The van der Waals surface area contributed by atoms with E-state index in [4.69, 9.17) is 4.74 Å². The van der Waals surface area contributed by atoms with Crippen molar-refractivity contribution in [2.75, 3.05) is 13.7 Å². The average molecular weight is 346 g/mol. The Hall–Kier alpha value is -1.81. The highest BCUT2D eigenvalue weighted by Crippen LogP contribution is 2.26. The van der Waals surface area contributed by atoms with Crippen molar-refractivity contribution in [2.45, 2.75) is 13.0 Å². The molecule has 2 aromatic carbocycles. The molecule has 0 aromatic heterocycles. The van der Waals surface area contributed by atoms with Gasteiger partial charge in [-0.1, -0.05) is 24.3 Å². The SMILES string of the molecule is COc1ccc(Br)c(C(=O)N2CCc3ccccc3C2)c1. The van der Waals surface area contributed by atoms with Gasteiger partial charge in [0.2, 0.25) is 0 Å². The molecule has 0 atom stereocenters. The average Bonchev–Trinajstić information content (AvgIpc) is 2.54. The van der Waals surface area contributed by atoms with Crippen LogP contribution < -0.4 is 4.74 Å². The van der Waals surface area contributed by atoms with Crippen LogP contribution in [0.4, 0.5) is 0 Å². The Kier molecular flexibility index (Phi) is 3.97. The van der Waals surface area contributed by atoms with E-state index in [1.807, 2.05) is 23.1 Å². The van der Waals surface area contributed by atoms with Crippen molar-refractivity contribution in [2.24, 2.45) is 0 Å². The zero-order chi connectivity index (χ0) is 14.8. The Bertz CT molecular complexity index is 684. The highest BCUT2D eigenvalue weighted by atomic mass is 79.9. The third kappa shape index (κ3) is 2.81. The fourth-order valence-electron chi connectivity index (χ4n) is 2.63. The Morgan fingerprint density at radius 2 is 1.95 bits per heavy atom. The van der Waals surface area contributed by atoms with E-state index in [0.29, 0.717) is 17.9 Å². The van der Waals surface area contributed by atoms with Crippen molar-refractivity contribution in [3.8, 4) is 5.75 Å². The number of hydrogen-bond acceptors (Lipinski definition) is 2. The number of nitrogens with zero attached hydrogens (tertiary/aromatic N) is 1. The van der Waals surface area contributed by atoms with Crippen LogP contribution >= 0.6 is 15.9 Å². The van der Waals surface area contributed by atoms with Gasteiger partial charge in [0.1, 0.15) is 5.75 Å². The molecule has 1 heterocycles. The van der Waals surface area contributed by atoms with Crippen LogP contribution in [0.3, 0.4) is 0 Å². The van der Waals surface area contributed by atoms with Gasteiger partial charge in [0.25, 0.3) is 5.91 Å². The monoisotopic (exact) mass is 345 g/mol. The molecule has 2 aromatic rings. The number of amides is 1. The van der Waals surface area contributed by atoms with E-state index >= 15 is 0 Å². The molecule has 1 aliphatic rings. The van der Waals surface area contributed by atoms with Gasteiger partial charge in [0.05, 0.1) is 12.7 Å². The summed E-state index contributed by atoms with van der Waals surface area (Å²) in [6.45, 7) is 1.41. The molecule has 0 saturated carbocycles. The summed E-state index contributed by atoms with van der Waals surface area (Å²) in [5.74, 6) is 0.731. The van der Waals surface area contributed by atoms with Crippen LogP contribution in [-0.2, 0) is 13.0 Å². The van der Waals surface area contributed by atoms with Crippen LogP contribution in [0.2, 0.25) is 0 Å². The summed E-state index contributed by atoms with van der Waals surface area (Å²) in [6, 6.07) is 13.8. The molecule has 108 valence electrons. The van der Waals surface area contributed by atoms with Gasteiger partial charge in [0.15, 0.2) is 0 Å². The van der Waals surface area contributed by atoms with Crippen molar-refractivity contribution in [1.82, 2.24) is 4.90 Å². The van der Waals surface area contributed by atoms with Crippen molar-refractivity contribution >= 4 is 21.8 Å². The molecule has 0 radical (unpaired) electrons. The summed E-state index contributed by atoms with van der Waals surface area (Å²) >= 11 is 3.46. The first kappa shape index (κ1) is 14.1. The minimum Gasteiger partial charge on any atom is -0.497 e. The quantitative estimate of drug-likeness (QED) is 0.831. The lowest BCUT2D eigenvalue weighted by atomic mass is 9.99. The molecule has 21 heavy (non-hydrogen) atoms. The van der Waals surface area contributed by atoms with Gasteiger partial charge >= 0.3 is 0 Å². The van der Waals surface area contributed by atoms with E-state index < -0.39 is 0 Å². The molecular weight excluding hydrogens is 330 g/mol. The van der Waals surface area contributed by atoms with Gasteiger partial charge in [-0.25, -0.2) is 0 Å². The predicted octanol–water partition coefficient (Wildman–Crippen LogP) is 3.66. The molecule has 0 N–H and O–H groups in total. The number of carbonyl (C=O) groups is 1. The number of hydrogen-bond donors (Lipinski definition) is 0. The summed E-state index contributed by atoms with van der Waals surface area (Å²) in [5, 5.41) is 0. The largest absolute Gasteiger partial charge is 0.497 e. The second-order valence-electron chi connectivity index (χ2n) is 5.09. The predicted molar refractivity (Wildman–Crippen MR) is 85.6 cm³/mol. The zero-order valence-electron chi connectivity index (χ0n) is 11.8. The molecule has 3 nitrogen and oxygen atoms in total. The number of carbonyl (C=O) groups excluding carboxylic acids is 1. The molecule has 0 saturated heterocycles.